The molecule has 0 aliphatic rings. The van der Waals surface area contributed by atoms with E-state index in [2.05, 4.69) is 10.1 Å². The van der Waals surface area contributed by atoms with E-state index in [1.165, 1.54) is 11.8 Å². The number of hydrogen-bond acceptors (Lipinski definition) is 7. The Labute approximate surface area is 182 Å². The molecule has 3 aromatic heterocycles. The first-order valence-corrected chi connectivity index (χ1v) is 10.7. The highest BCUT2D eigenvalue weighted by molar-refractivity contribution is 7.99. The lowest BCUT2D eigenvalue weighted by Crippen LogP contribution is -2.24. The van der Waals surface area contributed by atoms with Crippen molar-refractivity contribution in [2.45, 2.75) is 50.1 Å². The summed E-state index contributed by atoms with van der Waals surface area (Å²) in [4.78, 5) is 22.5. The highest BCUT2D eigenvalue weighted by atomic mass is 35.5. The first-order valence-electron chi connectivity index (χ1n) is 9.45. The Balaban J connectivity index is 1.76. The van der Waals surface area contributed by atoms with Crippen molar-refractivity contribution in [1.29, 1.82) is 0 Å². The number of hydrogen-bond donors (Lipinski definition) is 0. The van der Waals surface area contributed by atoms with Crippen LogP contribution in [-0.2, 0) is 12.0 Å². The van der Waals surface area contributed by atoms with Gasteiger partial charge in [0.15, 0.2) is 11.0 Å². The standard InChI is InChI=1S/C21H21ClN4O3S/c1-12(17-24-19(25-29-17)21(2,3)4)30-20-23-16-10-13(22)7-8-15(16)18(27)26(20)11-14-6-5-9-28-14/h5-10,12H,11H2,1-4H3. The van der Waals surface area contributed by atoms with E-state index in [1.54, 1.807) is 35.1 Å². The van der Waals surface area contributed by atoms with Crippen LogP contribution in [0.15, 0.2) is 55.5 Å². The van der Waals surface area contributed by atoms with Gasteiger partial charge in [-0.3, -0.25) is 9.36 Å². The topological polar surface area (TPSA) is 87.0 Å². The summed E-state index contributed by atoms with van der Waals surface area (Å²) in [6, 6.07) is 8.68. The zero-order chi connectivity index (χ0) is 21.5. The van der Waals surface area contributed by atoms with Gasteiger partial charge in [0, 0.05) is 10.4 Å². The molecule has 0 radical (unpaired) electrons. The first-order chi connectivity index (χ1) is 14.2. The monoisotopic (exact) mass is 444 g/mol. The van der Waals surface area contributed by atoms with Gasteiger partial charge in [-0.25, -0.2) is 4.98 Å². The SMILES string of the molecule is CC(Sc1nc2cc(Cl)ccc2c(=O)n1Cc1ccco1)c1nc(C(C)(C)C)no1. The molecule has 0 saturated heterocycles. The Morgan fingerprint density at radius 1 is 1.23 bits per heavy atom. The van der Waals surface area contributed by atoms with E-state index in [0.717, 1.165) is 0 Å². The van der Waals surface area contributed by atoms with Crippen molar-refractivity contribution in [2.75, 3.05) is 0 Å². The molecule has 0 spiro atoms. The predicted molar refractivity (Wildman–Crippen MR) is 116 cm³/mol. The lowest BCUT2D eigenvalue weighted by atomic mass is 9.96. The van der Waals surface area contributed by atoms with Gasteiger partial charge in [0.25, 0.3) is 5.56 Å². The third kappa shape index (κ3) is 4.15. The van der Waals surface area contributed by atoms with Crippen LogP contribution in [0.3, 0.4) is 0 Å². The fraction of sp³-hybridized carbons (Fsp3) is 0.333. The van der Waals surface area contributed by atoms with Crippen molar-refractivity contribution in [3.63, 3.8) is 0 Å². The summed E-state index contributed by atoms with van der Waals surface area (Å²) in [5.41, 5.74) is 0.161. The Kier molecular flexibility index (Phi) is 5.46. The lowest BCUT2D eigenvalue weighted by molar-refractivity contribution is 0.364. The molecule has 30 heavy (non-hydrogen) atoms. The van der Waals surface area contributed by atoms with Crippen molar-refractivity contribution in [3.8, 4) is 0 Å². The van der Waals surface area contributed by atoms with Gasteiger partial charge in [0.1, 0.15) is 5.76 Å². The number of fused-ring (bicyclic) bond motifs is 1. The molecular formula is C21H21ClN4O3S. The molecule has 156 valence electrons. The molecule has 0 fully saturated rings. The maximum Gasteiger partial charge on any atom is 0.262 e. The van der Waals surface area contributed by atoms with E-state index in [4.69, 9.17) is 25.5 Å². The van der Waals surface area contributed by atoms with Crippen molar-refractivity contribution < 1.29 is 8.94 Å². The van der Waals surface area contributed by atoms with Gasteiger partial charge in [0.05, 0.1) is 29.0 Å². The molecule has 0 bridgehead atoms. The van der Waals surface area contributed by atoms with E-state index in [-0.39, 0.29) is 22.8 Å². The molecule has 3 heterocycles. The van der Waals surface area contributed by atoms with Crippen LogP contribution >= 0.6 is 23.4 Å². The van der Waals surface area contributed by atoms with Crippen molar-refractivity contribution >= 4 is 34.3 Å². The van der Waals surface area contributed by atoms with Crippen LogP contribution in [0.2, 0.25) is 5.02 Å². The lowest BCUT2D eigenvalue weighted by Gasteiger charge is -2.14. The van der Waals surface area contributed by atoms with Crippen LogP contribution in [0.5, 0.6) is 0 Å². The summed E-state index contributed by atoms with van der Waals surface area (Å²) in [5, 5.41) is 5.42. The summed E-state index contributed by atoms with van der Waals surface area (Å²) in [7, 11) is 0. The molecule has 0 N–H and O–H groups in total. The molecule has 0 saturated carbocycles. The van der Waals surface area contributed by atoms with Gasteiger partial charge in [-0.05, 0) is 37.3 Å². The molecule has 1 unspecified atom stereocenters. The van der Waals surface area contributed by atoms with Gasteiger partial charge in [0.2, 0.25) is 5.89 Å². The van der Waals surface area contributed by atoms with Gasteiger partial charge in [-0.15, -0.1) is 0 Å². The van der Waals surface area contributed by atoms with Crippen LogP contribution in [-0.4, -0.2) is 19.7 Å². The fourth-order valence-corrected chi connectivity index (χ4v) is 3.98. The molecule has 1 aromatic carbocycles. The molecule has 4 rings (SSSR count). The molecule has 1 atom stereocenters. The highest BCUT2D eigenvalue weighted by Gasteiger charge is 2.25. The van der Waals surface area contributed by atoms with E-state index in [9.17, 15) is 4.79 Å². The van der Waals surface area contributed by atoms with Crippen molar-refractivity contribution in [2.24, 2.45) is 0 Å². The van der Waals surface area contributed by atoms with Gasteiger partial charge in [-0.2, -0.15) is 4.98 Å². The van der Waals surface area contributed by atoms with Crippen LogP contribution in [0, 0.1) is 0 Å². The number of nitrogens with zero attached hydrogens (tertiary/aromatic N) is 4. The Morgan fingerprint density at radius 2 is 2.03 bits per heavy atom. The summed E-state index contributed by atoms with van der Waals surface area (Å²) >= 11 is 7.50. The number of rotatable bonds is 5. The maximum atomic E-state index is 13.2. The summed E-state index contributed by atoms with van der Waals surface area (Å²) in [6.07, 6.45) is 1.58. The molecular weight excluding hydrogens is 424 g/mol. The third-order valence-corrected chi connectivity index (χ3v) is 5.83. The molecule has 9 heteroatoms. The highest BCUT2D eigenvalue weighted by Crippen LogP contribution is 2.34. The van der Waals surface area contributed by atoms with Gasteiger partial charge in [-0.1, -0.05) is 49.3 Å². The minimum Gasteiger partial charge on any atom is -0.467 e. The zero-order valence-electron chi connectivity index (χ0n) is 17.0. The van der Waals surface area contributed by atoms with Crippen LogP contribution in [0.4, 0.5) is 0 Å². The molecule has 7 nitrogen and oxygen atoms in total. The number of furan rings is 1. The summed E-state index contributed by atoms with van der Waals surface area (Å²) in [5.74, 6) is 1.78. The van der Waals surface area contributed by atoms with Crippen molar-refractivity contribution in [1.82, 2.24) is 19.7 Å². The molecule has 0 amide bonds. The smallest absolute Gasteiger partial charge is 0.262 e. The second kappa shape index (κ2) is 7.92. The number of aromatic nitrogens is 4. The Morgan fingerprint density at radius 3 is 2.70 bits per heavy atom. The maximum absolute atomic E-state index is 13.2. The summed E-state index contributed by atoms with van der Waals surface area (Å²) in [6.45, 7) is 8.28. The quantitative estimate of drug-likeness (QED) is 0.308. The molecule has 0 aliphatic carbocycles. The van der Waals surface area contributed by atoms with Gasteiger partial charge < -0.3 is 8.94 Å². The summed E-state index contributed by atoms with van der Waals surface area (Å²) < 4.78 is 12.5. The predicted octanol–water partition coefficient (Wildman–Crippen LogP) is 5.23. The van der Waals surface area contributed by atoms with E-state index >= 15 is 0 Å². The Hall–Kier alpha value is -2.58. The largest absolute Gasteiger partial charge is 0.467 e. The first kappa shape index (κ1) is 20.7. The number of halogens is 1. The van der Waals surface area contributed by atoms with Crippen LogP contribution in [0.25, 0.3) is 10.9 Å². The Bertz CT molecular complexity index is 1240. The van der Waals surface area contributed by atoms with Crippen molar-refractivity contribution in [3.05, 3.63) is 69.4 Å². The normalized spacial score (nSPS) is 13.1. The second-order valence-electron chi connectivity index (χ2n) is 7.99. The minimum absolute atomic E-state index is 0.163. The van der Waals surface area contributed by atoms with E-state index in [1.807, 2.05) is 33.8 Å². The fourth-order valence-electron chi connectivity index (χ4n) is 2.88. The average Bonchev–Trinajstić information content (AvgIpc) is 3.36. The van der Waals surface area contributed by atoms with Gasteiger partial charge >= 0.3 is 0 Å². The number of thioether (sulfide) groups is 1. The number of benzene rings is 1. The van der Waals surface area contributed by atoms with E-state index in [0.29, 0.717) is 38.6 Å². The zero-order valence-corrected chi connectivity index (χ0v) is 18.6. The molecule has 4 aromatic rings. The van der Waals surface area contributed by atoms with Crippen LogP contribution < -0.4 is 5.56 Å². The molecule has 0 aliphatic heterocycles. The van der Waals surface area contributed by atoms with Crippen LogP contribution in [0.1, 0.15) is 50.4 Å². The van der Waals surface area contributed by atoms with E-state index < -0.39 is 0 Å². The third-order valence-electron chi connectivity index (χ3n) is 4.52. The minimum atomic E-state index is -0.217. The second-order valence-corrected chi connectivity index (χ2v) is 9.74. The average molecular weight is 445 g/mol.